The van der Waals surface area contributed by atoms with E-state index in [0.29, 0.717) is 29.8 Å². The Labute approximate surface area is 121 Å². The Bertz CT molecular complexity index is 739. The number of ether oxygens (including phenoxy) is 2. The van der Waals surface area contributed by atoms with Gasteiger partial charge in [0.1, 0.15) is 16.9 Å². The van der Waals surface area contributed by atoms with Crippen LogP contribution in [0.5, 0.6) is 17.4 Å². The van der Waals surface area contributed by atoms with Crippen molar-refractivity contribution in [3.05, 3.63) is 30.5 Å². The van der Waals surface area contributed by atoms with Gasteiger partial charge in [-0.3, -0.25) is 5.10 Å². The second-order valence-corrected chi connectivity index (χ2v) is 4.24. The first kappa shape index (κ1) is 13.2. The summed E-state index contributed by atoms with van der Waals surface area (Å²) in [6, 6.07) is 7.37. The zero-order valence-electron chi connectivity index (χ0n) is 11.8. The Balaban J connectivity index is 1.91. The van der Waals surface area contributed by atoms with Gasteiger partial charge in [0.15, 0.2) is 5.65 Å². The lowest BCUT2D eigenvalue weighted by molar-refractivity contribution is 0.339. The van der Waals surface area contributed by atoms with E-state index in [4.69, 9.17) is 9.47 Å². The SMILES string of the molecule is CCOc1ccc(Oc2nc(NC)nc3[nH]ncc23)cc1. The van der Waals surface area contributed by atoms with Gasteiger partial charge in [-0.05, 0) is 31.2 Å². The first-order valence-electron chi connectivity index (χ1n) is 6.59. The Morgan fingerprint density at radius 3 is 2.62 bits per heavy atom. The summed E-state index contributed by atoms with van der Waals surface area (Å²) in [5.41, 5.74) is 0.621. The molecule has 0 radical (unpaired) electrons. The fraction of sp³-hybridized carbons (Fsp3) is 0.214. The highest BCUT2D eigenvalue weighted by Crippen LogP contribution is 2.28. The molecule has 0 aliphatic heterocycles. The van der Waals surface area contributed by atoms with Crippen molar-refractivity contribution in [1.82, 2.24) is 20.2 Å². The number of rotatable bonds is 5. The predicted octanol–water partition coefficient (Wildman–Crippen LogP) is 2.59. The summed E-state index contributed by atoms with van der Waals surface area (Å²) < 4.78 is 11.2. The second-order valence-electron chi connectivity index (χ2n) is 4.24. The molecular weight excluding hydrogens is 270 g/mol. The van der Waals surface area contributed by atoms with Gasteiger partial charge in [-0.15, -0.1) is 0 Å². The fourth-order valence-electron chi connectivity index (χ4n) is 1.88. The van der Waals surface area contributed by atoms with Crippen LogP contribution in [0, 0.1) is 0 Å². The van der Waals surface area contributed by atoms with Crippen molar-refractivity contribution in [3.8, 4) is 17.4 Å². The summed E-state index contributed by atoms with van der Waals surface area (Å²) in [5.74, 6) is 2.38. The Morgan fingerprint density at radius 1 is 1.14 bits per heavy atom. The van der Waals surface area contributed by atoms with E-state index in [1.54, 1.807) is 13.2 Å². The van der Waals surface area contributed by atoms with Crippen molar-refractivity contribution in [3.63, 3.8) is 0 Å². The molecule has 7 heteroatoms. The molecule has 0 unspecified atom stereocenters. The van der Waals surface area contributed by atoms with Crippen LogP contribution in [0.3, 0.4) is 0 Å². The third-order valence-electron chi connectivity index (χ3n) is 2.85. The summed E-state index contributed by atoms with van der Waals surface area (Å²) in [4.78, 5) is 8.56. The van der Waals surface area contributed by atoms with E-state index >= 15 is 0 Å². The maximum absolute atomic E-state index is 5.82. The van der Waals surface area contributed by atoms with Gasteiger partial charge in [-0.2, -0.15) is 15.1 Å². The number of benzene rings is 1. The van der Waals surface area contributed by atoms with Gasteiger partial charge in [0.2, 0.25) is 11.8 Å². The third-order valence-corrected chi connectivity index (χ3v) is 2.85. The zero-order chi connectivity index (χ0) is 14.7. The van der Waals surface area contributed by atoms with Crippen LogP contribution >= 0.6 is 0 Å². The van der Waals surface area contributed by atoms with Crippen molar-refractivity contribution in [1.29, 1.82) is 0 Å². The molecule has 0 saturated heterocycles. The van der Waals surface area contributed by atoms with E-state index in [9.17, 15) is 0 Å². The Kier molecular flexibility index (Phi) is 3.55. The average Bonchev–Trinajstić information content (AvgIpc) is 2.98. The number of aromatic nitrogens is 4. The molecule has 1 aromatic carbocycles. The Hall–Kier alpha value is -2.83. The van der Waals surface area contributed by atoms with Crippen LogP contribution in [0.25, 0.3) is 11.0 Å². The summed E-state index contributed by atoms with van der Waals surface area (Å²) in [6.45, 7) is 2.58. The molecule has 0 aliphatic carbocycles. The molecule has 0 aliphatic rings. The van der Waals surface area contributed by atoms with Gasteiger partial charge in [-0.1, -0.05) is 0 Å². The number of fused-ring (bicyclic) bond motifs is 1. The van der Waals surface area contributed by atoms with Gasteiger partial charge >= 0.3 is 0 Å². The lowest BCUT2D eigenvalue weighted by Gasteiger charge is -2.08. The quantitative estimate of drug-likeness (QED) is 0.749. The maximum Gasteiger partial charge on any atom is 0.235 e. The van der Waals surface area contributed by atoms with Crippen LogP contribution in [0.1, 0.15) is 6.92 Å². The van der Waals surface area contributed by atoms with E-state index in [0.717, 1.165) is 11.1 Å². The molecule has 0 amide bonds. The highest BCUT2D eigenvalue weighted by atomic mass is 16.5. The first-order valence-corrected chi connectivity index (χ1v) is 6.59. The number of hydrogen-bond acceptors (Lipinski definition) is 6. The smallest absolute Gasteiger partial charge is 0.235 e. The van der Waals surface area contributed by atoms with E-state index in [2.05, 4.69) is 25.5 Å². The first-order chi connectivity index (χ1) is 10.3. The summed E-state index contributed by atoms with van der Waals surface area (Å²) >= 11 is 0. The van der Waals surface area contributed by atoms with Crippen LogP contribution in [0.15, 0.2) is 30.5 Å². The van der Waals surface area contributed by atoms with Gasteiger partial charge in [0.25, 0.3) is 0 Å². The number of nitrogens with one attached hydrogen (secondary N) is 2. The highest BCUT2D eigenvalue weighted by Gasteiger charge is 2.11. The predicted molar refractivity (Wildman–Crippen MR) is 78.9 cm³/mol. The summed E-state index contributed by atoms with van der Waals surface area (Å²) in [7, 11) is 1.75. The van der Waals surface area contributed by atoms with Crippen molar-refractivity contribution in [2.75, 3.05) is 19.0 Å². The minimum Gasteiger partial charge on any atom is -0.494 e. The highest BCUT2D eigenvalue weighted by molar-refractivity contribution is 5.80. The standard InChI is InChI=1S/C14H15N5O2/c1-3-20-9-4-6-10(7-5-9)21-13-11-8-16-19-12(11)17-14(15-2)18-13/h4-8H,3H2,1-2H3,(H2,15,16,17,18,19). The van der Waals surface area contributed by atoms with Gasteiger partial charge in [0, 0.05) is 7.05 Å². The van der Waals surface area contributed by atoms with E-state index < -0.39 is 0 Å². The third kappa shape index (κ3) is 2.71. The summed E-state index contributed by atoms with van der Waals surface area (Å²) in [6.07, 6.45) is 1.64. The molecule has 7 nitrogen and oxygen atoms in total. The number of H-pyrrole nitrogens is 1. The molecule has 108 valence electrons. The van der Waals surface area contributed by atoms with Crippen LogP contribution < -0.4 is 14.8 Å². The molecule has 2 heterocycles. The van der Waals surface area contributed by atoms with Crippen LogP contribution in [-0.2, 0) is 0 Å². The van der Waals surface area contributed by atoms with E-state index in [1.807, 2.05) is 31.2 Å². The molecule has 2 aromatic heterocycles. The van der Waals surface area contributed by atoms with Crippen molar-refractivity contribution in [2.24, 2.45) is 0 Å². The molecule has 0 saturated carbocycles. The minimum atomic E-state index is 0.447. The zero-order valence-corrected chi connectivity index (χ0v) is 11.8. The lowest BCUT2D eigenvalue weighted by atomic mass is 10.3. The minimum absolute atomic E-state index is 0.447. The monoisotopic (exact) mass is 285 g/mol. The molecule has 0 spiro atoms. The molecule has 0 bridgehead atoms. The second kappa shape index (κ2) is 5.66. The van der Waals surface area contributed by atoms with Crippen molar-refractivity contribution >= 4 is 17.0 Å². The molecule has 21 heavy (non-hydrogen) atoms. The number of hydrogen-bond donors (Lipinski definition) is 2. The average molecular weight is 285 g/mol. The molecule has 3 rings (SSSR count). The fourth-order valence-corrected chi connectivity index (χ4v) is 1.88. The number of anilines is 1. The molecule has 3 aromatic rings. The van der Waals surface area contributed by atoms with E-state index in [-0.39, 0.29) is 0 Å². The largest absolute Gasteiger partial charge is 0.494 e. The lowest BCUT2D eigenvalue weighted by Crippen LogP contribution is -1.99. The molecular formula is C14H15N5O2. The normalized spacial score (nSPS) is 10.6. The van der Waals surface area contributed by atoms with Crippen molar-refractivity contribution in [2.45, 2.75) is 6.92 Å². The van der Waals surface area contributed by atoms with Crippen LogP contribution in [0.4, 0.5) is 5.95 Å². The number of nitrogens with zero attached hydrogens (tertiary/aromatic N) is 3. The topological polar surface area (TPSA) is 85.0 Å². The Morgan fingerprint density at radius 2 is 1.90 bits per heavy atom. The van der Waals surface area contributed by atoms with Gasteiger partial charge in [0.05, 0.1) is 12.8 Å². The van der Waals surface area contributed by atoms with Crippen LogP contribution in [0.2, 0.25) is 0 Å². The van der Waals surface area contributed by atoms with Gasteiger partial charge < -0.3 is 14.8 Å². The van der Waals surface area contributed by atoms with Crippen LogP contribution in [-0.4, -0.2) is 33.8 Å². The van der Waals surface area contributed by atoms with E-state index in [1.165, 1.54) is 0 Å². The van der Waals surface area contributed by atoms with Gasteiger partial charge in [-0.25, -0.2) is 0 Å². The van der Waals surface area contributed by atoms with Crippen molar-refractivity contribution < 1.29 is 9.47 Å². The molecule has 2 N–H and O–H groups in total. The summed E-state index contributed by atoms with van der Waals surface area (Å²) in [5, 5.41) is 10.4. The maximum atomic E-state index is 5.82. The molecule has 0 fully saturated rings. The number of aromatic amines is 1. The molecule has 0 atom stereocenters.